The van der Waals surface area contributed by atoms with E-state index in [1.54, 1.807) is 30.3 Å². The molecule has 0 aliphatic carbocycles. The Morgan fingerprint density at radius 3 is 2.35 bits per heavy atom. The zero-order valence-electron chi connectivity index (χ0n) is 8.56. The number of benzene rings is 2. The van der Waals surface area contributed by atoms with E-state index in [0.717, 1.165) is 0 Å². The van der Waals surface area contributed by atoms with Crippen LogP contribution in [0.4, 0.5) is 10.1 Å². The molecule has 0 aliphatic heterocycles. The first-order valence-electron chi connectivity index (χ1n) is 4.79. The zero-order chi connectivity index (χ0) is 12.4. The molecule has 0 aliphatic rings. The van der Waals surface area contributed by atoms with Gasteiger partial charge in [-0.3, -0.25) is 10.1 Å². The molecule has 0 atom stereocenters. The van der Waals surface area contributed by atoms with Crippen LogP contribution < -0.4 is 0 Å². The van der Waals surface area contributed by atoms with Gasteiger partial charge in [0.05, 0.1) is 15.0 Å². The number of nitrogens with zero attached hydrogens (tertiary/aromatic N) is 1. The fourth-order valence-electron chi connectivity index (χ4n) is 1.57. The molecule has 2 rings (SSSR count). The van der Waals surface area contributed by atoms with E-state index < -0.39 is 16.4 Å². The maximum atomic E-state index is 13.7. The highest BCUT2D eigenvalue weighted by atomic mass is 79.9. The molecule has 0 heterocycles. The normalized spacial score (nSPS) is 10.2. The largest absolute Gasteiger partial charge is 0.313 e. The summed E-state index contributed by atoms with van der Waals surface area (Å²) in [5, 5.41) is 10.9. The van der Waals surface area contributed by atoms with Crippen molar-refractivity contribution in [3.05, 3.63) is 62.9 Å². The van der Waals surface area contributed by atoms with Gasteiger partial charge in [0, 0.05) is 0 Å². The fraction of sp³-hybridized carbons (Fsp3) is 0. The second-order valence-corrected chi connectivity index (χ2v) is 4.24. The SMILES string of the molecule is O=[N+]([O-])c1c(-c2ccccc2)ccc(Br)c1F. The Hall–Kier alpha value is -1.75. The van der Waals surface area contributed by atoms with Gasteiger partial charge in [0.2, 0.25) is 5.82 Å². The Morgan fingerprint density at radius 1 is 1.12 bits per heavy atom. The standard InChI is InChI=1S/C12H7BrFNO2/c13-10-7-6-9(8-4-2-1-3-5-8)12(11(10)14)15(16)17/h1-7H. The van der Waals surface area contributed by atoms with Crippen molar-refractivity contribution in [2.75, 3.05) is 0 Å². The lowest BCUT2D eigenvalue weighted by Crippen LogP contribution is -1.96. The lowest BCUT2D eigenvalue weighted by atomic mass is 10.0. The minimum atomic E-state index is -0.851. The highest BCUT2D eigenvalue weighted by molar-refractivity contribution is 9.10. The number of nitro groups is 1. The van der Waals surface area contributed by atoms with Crippen LogP contribution in [-0.2, 0) is 0 Å². The van der Waals surface area contributed by atoms with Gasteiger partial charge in [-0.15, -0.1) is 0 Å². The quantitative estimate of drug-likeness (QED) is 0.617. The van der Waals surface area contributed by atoms with Crippen molar-refractivity contribution in [1.82, 2.24) is 0 Å². The molecule has 0 radical (unpaired) electrons. The topological polar surface area (TPSA) is 43.1 Å². The predicted molar refractivity (Wildman–Crippen MR) is 66.2 cm³/mol. The van der Waals surface area contributed by atoms with Crippen LogP contribution in [-0.4, -0.2) is 4.92 Å². The summed E-state index contributed by atoms with van der Waals surface area (Å²) in [6, 6.07) is 11.7. The van der Waals surface area contributed by atoms with E-state index in [1.807, 2.05) is 0 Å². The molecule has 2 aromatic carbocycles. The van der Waals surface area contributed by atoms with Crippen LogP contribution in [0, 0.1) is 15.9 Å². The van der Waals surface area contributed by atoms with Crippen molar-refractivity contribution in [1.29, 1.82) is 0 Å². The molecule has 0 saturated carbocycles. The van der Waals surface area contributed by atoms with E-state index in [0.29, 0.717) is 5.56 Å². The fourth-order valence-corrected chi connectivity index (χ4v) is 1.89. The second kappa shape index (κ2) is 4.63. The summed E-state index contributed by atoms with van der Waals surface area (Å²) in [4.78, 5) is 10.2. The molecule has 0 amide bonds. The number of hydrogen-bond acceptors (Lipinski definition) is 2. The van der Waals surface area contributed by atoms with Gasteiger partial charge in [0.15, 0.2) is 0 Å². The molecule has 2 aromatic rings. The molecule has 0 unspecified atom stereocenters. The summed E-state index contributed by atoms with van der Waals surface area (Å²) in [5.74, 6) is -0.851. The Bertz CT molecular complexity index is 572. The van der Waals surface area contributed by atoms with E-state index in [-0.39, 0.29) is 10.0 Å². The highest BCUT2D eigenvalue weighted by Gasteiger charge is 2.23. The molecule has 17 heavy (non-hydrogen) atoms. The Morgan fingerprint density at radius 2 is 1.76 bits per heavy atom. The van der Waals surface area contributed by atoms with Gasteiger partial charge in [0.1, 0.15) is 0 Å². The number of nitro benzene ring substituents is 1. The van der Waals surface area contributed by atoms with Crippen LogP contribution in [0.25, 0.3) is 11.1 Å². The Kier molecular flexibility index (Phi) is 3.19. The van der Waals surface area contributed by atoms with Crippen LogP contribution in [0.1, 0.15) is 0 Å². The molecule has 0 N–H and O–H groups in total. The molecule has 3 nitrogen and oxygen atoms in total. The maximum Gasteiger partial charge on any atom is 0.313 e. The average molecular weight is 296 g/mol. The van der Waals surface area contributed by atoms with E-state index >= 15 is 0 Å². The minimum Gasteiger partial charge on any atom is -0.258 e. The van der Waals surface area contributed by atoms with Gasteiger partial charge in [0.25, 0.3) is 0 Å². The van der Waals surface area contributed by atoms with Crippen LogP contribution in [0.3, 0.4) is 0 Å². The van der Waals surface area contributed by atoms with Gasteiger partial charge < -0.3 is 0 Å². The van der Waals surface area contributed by atoms with Crippen molar-refractivity contribution in [2.45, 2.75) is 0 Å². The number of rotatable bonds is 2. The lowest BCUT2D eigenvalue weighted by Gasteiger charge is -2.04. The van der Waals surface area contributed by atoms with Crippen LogP contribution >= 0.6 is 15.9 Å². The summed E-state index contributed by atoms with van der Waals surface area (Å²) < 4.78 is 13.8. The molecule has 5 heteroatoms. The second-order valence-electron chi connectivity index (χ2n) is 3.38. The van der Waals surface area contributed by atoms with Crippen molar-refractivity contribution < 1.29 is 9.31 Å². The molecule has 0 fully saturated rings. The van der Waals surface area contributed by atoms with Gasteiger partial charge in [-0.1, -0.05) is 30.3 Å². The first-order valence-corrected chi connectivity index (χ1v) is 5.58. The molecule has 86 valence electrons. The predicted octanol–water partition coefficient (Wildman–Crippen LogP) is 4.16. The zero-order valence-corrected chi connectivity index (χ0v) is 10.1. The molecule has 0 saturated heterocycles. The molecule has 0 spiro atoms. The average Bonchev–Trinajstić information content (AvgIpc) is 2.33. The maximum absolute atomic E-state index is 13.7. The summed E-state index contributed by atoms with van der Waals surface area (Å²) >= 11 is 2.94. The van der Waals surface area contributed by atoms with Gasteiger partial charge >= 0.3 is 5.69 Å². The monoisotopic (exact) mass is 295 g/mol. The van der Waals surface area contributed by atoms with E-state index in [2.05, 4.69) is 15.9 Å². The van der Waals surface area contributed by atoms with Crippen molar-refractivity contribution in [3.63, 3.8) is 0 Å². The summed E-state index contributed by atoms with van der Waals surface area (Å²) in [6.07, 6.45) is 0. The third-order valence-electron chi connectivity index (χ3n) is 2.34. The number of halogens is 2. The van der Waals surface area contributed by atoms with Crippen LogP contribution in [0.5, 0.6) is 0 Å². The summed E-state index contributed by atoms with van der Waals surface area (Å²) in [6.45, 7) is 0. The van der Waals surface area contributed by atoms with E-state index in [1.165, 1.54) is 12.1 Å². The van der Waals surface area contributed by atoms with E-state index in [4.69, 9.17) is 0 Å². The first kappa shape index (κ1) is 11.7. The van der Waals surface area contributed by atoms with Crippen molar-refractivity contribution >= 4 is 21.6 Å². The Labute approximate surface area is 105 Å². The van der Waals surface area contributed by atoms with Crippen molar-refractivity contribution in [3.8, 4) is 11.1 Å². The first-order chi connectivity index (χ1) is 8.11. The highest BCUT2D eigenvalue weighted by Crippen LogP contribution is 2.35. The van der Waals surface area contributed by atoms with Gasteiger partial charge in [-0.05, 0) is 33.6 Å². The van der Waals surface area contributed by atoms with E-state index in [9.17, 15) is 14.5 Å². The lowest BCUT2D eigenvalue weighted by molar-refractivity contribution is -0.386. The molecular formula is C12H7BrFNO2. The van der Waals surface area contributed by atoms with Crippen LogP contribution in [0.2, 0.25) is 0 Å². The smallest absolute Gasteiger partial charge is 0.258 e. The number of hydrogen-bond donors (Lipinski definition) is 0. The summed E-state index contributed by atoms with van der Waals surface area (Å²) in [5.41, 5.74) is 0.382. The van der Waals surface area contributed by atoms with Gasteiger partial charge in [-0.2, -0.15) is 4.39 Å². The Balaban J connectivity index is 2.71. The van der Waals surface area contributed by atoms with Crippen molar-refractivity contribution in [2.24, 2.45) is 0 Å². The third-order valence-corrected chi connectivity index (χ3v) is 2.95. The third kappa shape index (κ3) is 2.19. The van der Waals surface area contributed by atoms with Crippen LogP contribution in [0.15, 0.2) is 46.9 Å². The summed E-state index contributed by atoms with van der Waals surface area (Å²) in [7, 11) is 0. The van der Waals surface area contributed by atoms with Gasteiger partial charge in [-0.25, -0.2) is 0 Å². The minimum absolute atomic E-state index is 0.0869. The molecule has 0 aromatic heterocycles. The molecule has 0 bridgehead atoms. The molecular weight excluding hydrogens is 289 g/mol.